The molecule has 0 spiro atoms. The number of hydrogen-bond donors (Lipinski definition) is 0. The average Bonchev–Trinajstić information content (AvgIpc) is 2.09. The molecule has 0 bridgehead atoms. The van der Waals surface area contributed by atoms with Gasteiger partial charge in [-0.05, 0) is 19.3 Å². The van der Waals surface area contributed by atoms with Crippen molar-refractivity contribution in [3.63, 3.8) is 0 Å². The molecule has 0 radical (unpaired) electrons. The summed E-state index contributed by atoms with van der Waals surface area (Å²) in [6.07, 6.45) is 4.95. The molecule has 2 atom stereocenters. The van der Waals surface area contributed by atoms with Gasteiger partial charge in [0.2, 0.25) is 5.54 Å². The van der Waals surface area contributed by atoms with Crippen LogP contribution in [0.5, 0.6) is 0 Å². The molecule has 0 aromatic heterocycles. The van der Waals surface area contributed by atoms with Crippen molar-refractivity contribution in [1.82, 2.24) is 0 Å². The van der Waals surface area contributed by atoms with E-state index in [1.165, 1.54) is 0 Å². The normalized spacial score (nSPS) is 44.2. The predicted octanol–water partition coefficient (Wildman–Crippen LogP) is 1.60. The third kappa shape index (κ3) is 0.509. The first-order valence-electron chi connectivity index (χ1n) is 3.90. The molecule has 0 N–H and O–H groups in total. The van der Waals surface area contributed by atoms with Crippen molar-refractivity contribution in [3.8, 4) is 0 Å². The second kappa shape index (κ2) is 1.71. The van der Waals surface area contributed by atoms with Gasteiger partial charge >= 0.3 is 0 Å². The van der Waals surface area contributed by atoms with Crippen LogP contribution in [0, 0.1) is 16.0 Å². The van der Waals surface area contributed by atoms with Gasteiger partial charge in [-0.2, -0.15) is 0 Å². The van der Waals surface area contributed by atoms with Gasteiger partial charge < -0.3 is 0 Å². The maximum absolute atomic E-state index is 10.6. The molecule has 3 heteroatoms. The lowest BCUT2D eigenvalue weighted by molar-refractivity contribution is -0.594. The van der Waals surface area contributed by atoms with E-state index in [2.05, 4.69) is 0 Å². The second-order valence-corrected chi connectivity index (χ2v) is 3.49. The molecule has 0 aliphatic heterocycles. The maximum Gasteiger partial charge on any atom is 0.225 e. The van der Waals surface area contributed by atoms with Crippen molar-refractivity contribution in [2.45, 2.75) is 37.6 Å². The zero-order valence-corrected chi connectivity index (χ0v) is 5.88. The van der Waals surface area contributed by atoms with Crippen molar-refractivity contribution in [2.75, 3.05) is 0 Å². The van der Waals surface area contributed by atoms with Gasteiger partial charge in [-0.25, -0.2) is 0 Å². The first-order valence-corrected chi connectivity index (χ1v) is 3.90. The lowest BCUT2D eigenvalue weighted by atomic mass is 9.69. The number of hydrogen-bond acceptors (Lipinski definition) is 2. The zero-order valence-electron chi connectivity index (χ0n) is 5.88. The van der Waals surface area contributed by atoms with Gasteiger partial charge in [0.15, 0.2) is 0 Å². The zero-order chi connectivity index (χ0) is 7.19. The van der Waals surface area contributed by atoms with Gasteiger partial charge in [-0.15, -0.1) is 0 Å². The predicted molar refractivity (Wildman–Crippen MR) is 36.3 cm³/mol. The quantitative estimate of drug-likeness (QED) is 0.411. The smallest absolute Gasteiger partial charge is 0.225 e. The van der Waals surface area contributed by atoms with Crippen molar-refractivity contribution in [3.05, 3.63) is 10.1 Å². The average molecular weight is 141 g/mol. The van der Waals surface area contributed by atoms with Crippen molar-refractivity contribution < 1.29 is 4.92 Å². The Balaban J connectivity index is 2.21. The Labute approximate surface area is 59.6 Å². The van der Waals surface area contributed by atoms with E-state index in [1.54, 1.807) is 0 Å². The van der Waals surface area contributed by atoms with E-state index in [1.807, 2.05) is 0 Å². The molecule has 2 aliphatic carbocycles. The number of nitro groups is 1. The van der Waals surface area contributed by atoms with E-state index in [4.69, 9.17) is 0 Å². The third-order valence-electron chi connectivity index (χ3n) is 3.21. The topological polar surface area (TPSA) is 43.1 Å². The molecule has 10 heavy (non-hydrogen) atoms. The molecule has 2 aliphatic rings. The molecule has 0 amide bonds. The van der Waals surface area contributed by atoms with Crippen LogP contribution in [0.4, 0.5) is 0 Å². The Morgan fingerprint density at radius 3 is 2.50 bits per heavy atom. The minimum atomic E-state index is -0.444. The summed E-state index contributed by atoms with van der Waals surface area (Å²) in [5.74, 6) is 0.433. The van der Waals surface area contributed by atoms with Gasteiger partial charge in [-0.3, -0.25) is 10.1 Å². The Morgan fingerprint density at radius 2 is 2.20 bits per heavy atom. The van der Waals surface area contributed by atoms with Gasteiger partial charge in [0.25, 0.3) is 0 Å². The van der Waals surface area contributed by atoms with Crippen LogP contribution in [0.3, 0.4) is 0 Å². The summed E-state index contributed by atoms with van der Waals surface area (Å²) in [5.41, 5.74) is -0.444. The van der Waals surface area contributed by atoms with Gasteiger partial charge in [-0.1, -0.05) is 0 Å². The third-order valence-corrected chi connectivity index (χ3v) is 3.21. The maximum atomic E-state index is 10.6. The highest BCUT2D eigenvalue weighted by Gasteiger charge is 2.59. The lowest BCUT2D eigenvalue weighted by Gasteiger charge is -2.36. The molecule has 0 saturated heterocycles. The van der Waals surface area contributed by atoms with Crippen LogP contribution in [0.2, 0.25) is 0 Å². The highest BCUT2D eigenvalue weighted by molar-refractivity contribution is 5.00. The highest BCUT2D eigenvalue weighted by atomic mass is 16.6. The van der Waals surface area contributed by atoms with Crippen LogP contribution < -0.4 is 0 Å². The minimum Gasteiger partial charge on any atom is -0.264 e. The van der Waals surface area contributed by atoms with E-state index in [-0.39, 0.29) is 4.92 Å². The van der Waals surface area contributed by atoms with Gasteiger partial charge in [0, 0.05) is 23.7 Å². The first kappa shape index (κ1) is 6.13. The molecule has 2 saturated carbocycles. The van der Waals surface area contributed by atoms with E-state index in [0.29, 0.717) is 5.92 Å². The number of nitrogens with zero attached hydrogens (tertiary/aromatic N) is 1. The summed E-state index contributed by atoms with van der Waals surface area (Å²) in [6.45, 7) is 0. The molecule has 0 heterocycles. The largest absolute Gasteiger partial charge is 0.264 e. The molecule has 2 fully saturated rings. The Hall–Kier alpha value is -0.600. The second-order valence-electron chi connectivity index (χ2n) is 3.49. The summed E-state index contributed by atoms with van der Waals surface area (Å²) in [4.78, 5) is 10.6. The fourth-order valence-electron chi connectivity index (χ4n) is 2.41. The van der Waals surface area contributed by atoms with E-state index < -0.39 is 5.54 Å². The number of rotatable bonds is 1. The van der Waals surface area contributed by atoms with Crippen LogP contribution in [-0.2, 0) is 0 Å². The van der Waals surface area contributed by atoms with E-state index in [9.17, 15) is 10.1 Å². The monoisotopic (exact) mass is 141 g/mol. The number of fused-ring (bicyclic) bond motifs is 1. The Morgan fingerprint density at radius 1 is 1.40 bits per heavy atom. The van der Waals surface area contributed by atoms with Crippen LogP contribution in [0.15, 0.2) is 0 Å². The molecule has 0 aromatic rings. The summed E-state index contributed by atoms with van der Waals surface area (Å²) in [5, 5.41) is 10.6. The van der Waals surface area contributed by atoms with Gasteiger partial charge in [0.05, 0.1) is 0 Å². The summed E-state index contributed by atoms with van der Waals surface area (Å²) in [7, 11) is 0. The van der Waals surface area contributed by atoms with Crippen LogP contribution in [-0.4, -0.2) is 10.5 Å². The molecular formula is C7H11NO2. The lowest BCUT2D eigenvalue weighted by Crippen LogP contribution is -2.49. The highest BCUT2D eigenvalue weighted by Crippen LogP contribution is 2.52. The van der Waals surface area contributed by atoms with Crippen molar-refractivity contribution >= 4 is 0 Å². The molecule has 56 valence electrons. The van der Waals surface area contributed by atoms with E-state index >= 15 is 0 Å². The standard InChI is InChI=1S/C7H11NO2/c9-8(10)7-4-1-2-6(7)3-5-7/h6H,1-5H2. The van der Waals surface area contributed by atoms with Crippen molar-refractivity contribution in [1.29, 1.82) is 0 Å². The summed E-state index contributed by atoms with van der Waals surface area (Å²) < 4.78 is 0. The summed E-state index contributed by atoms with van der Waals surface area (Å²) >= 11 is 0. The molecule has 2 unspecified atom stereocenters. The van der Waals surface area contributed by atoms with Crippen molar-refractivity contribution in [2.24, 2.45) is 5.92 Å². The molecular weight excluding hydrogens is 130 g/mol. The molecule has 3 nitrogen and oxygen atoms in total. The minimum absolute atomic E-state index is 0.0336. The van der Waals surface area contributed by atoms with Crippen LogP contribution >= 0.6 is 0 Å². The van der Waals surface area contributed by atoms with Crippen LogP contribution in [0.25, 0.3) is 0 Å². The Kier molecular flexibility index (Phi) is 1.05. The Bertz CT molecular complexity index is 180. The van der Waals surface area contributed by atoms with Crippen LogP contribution in [0.1, 0.15) is 32.1 Å². The van der Waals surface area contributed by atoms with Gasteiger partial charge in [0.1, 0.15) is 0 Å². The first-order chi connectivity index (χ1) is 4.76. The molecule has 0 aromatic carbocycles. The fourth-order valence-corrected chi connectivity index (χ4v) is 2.41. The summed E-state index contributed by atoms with van der Waals surface area (Å²) in [6, 6.07) is 0. The van der Waals surface area contributed by atoms with E-state index in [0.717, 1.165) is 32.1 Å². The fraction of sp³-hybridized carbons (Fsp3) is 1.00. The molecule has 2 rings (SSSR count). The SMILES string of the molecule is O=[N+]([O-])C12CCCC1CC2.